The van der Waals surface area contributed by atoms with E-state index in [0.717, 1.165) is 5.19 Å². The Labute approximate surface area is 109 Å². The highest BCUT2D eigenvalue weighted by Crippen LogP contribution is 2.31. The van der Waals surface area contributed by atoms with E-state index in [-0.39, 0.29) is 5.56 Å². The van der Waals surface area contributed by atoms with Crippen LogP contribution < -0.4 is 14.7 Å². The Hall–Kier alpha value is -1.49. The van der Waals surface area contributed by atoms with Gasteiger partial charge in [0.25, 0.3) is 0 Å². The third kappa shape index (κ3) is 2.84. The SMILES string of the molecule is CCOc1c([Si](C)(C)C)ccc(C(=O)O)c1OC. The number of carbonyl (C=O) groups is 1. The van der Waals surface area contributed by atoms with E-state index in [0.29, 0.717) is 18.1 Å². The molecule has 1 aromatic rings. The van der Waals surface area contributed by atoms with Crippen LogP contribution in [0, 0.1) is 0 Å². The third-order valence-corrected chi connectivity index (χ3v) is 4.65. The summed E-state index contributed by atoms with van der Waals surface area (Å²) in [6, 6.07) is 3.44. The molecule has 1 aromatic carbocycles. The van der Waals surface area contributed by atoms with Gasteiger partial charge in [0.15, 0.2) is 11.5 Å². The van der Waals surface area contributed by atoms with E-state index >= 15 is 0 Å². The summed E-state index contributed by atoms with van der Waals surface area (Å²) in [5.41, 5.74) is 0.142. The molecule has 0 amide bonds. The molecule has 4 nitrogen and oxygen atoms in total. The van der Waals surface area contributed by atoms with Crippen molar-refractivity contribution in [1.29, 1.82) is 0 Å². The molecule has 0 atom stereocenters. The van der Waals surface area contributed by atoms with Crippen LogP contribution in [0.1, 0.15) is 17.3 Å². The maximum atomic E-state index is 11.2. The van der Waals surface area contributed by atoms with E-state index < -0.39 is 14.0 Å². The normalized spacial score (nSPS) is 11.2. The molecule has 0 radical (unpaired) electrons. The molecular formula is C13H20O4Si. The van der Waals surface area contributed by atoms with Crippen LogP contribution in [0.4, 0.5) is 0 Å². The Morgan fingerprint density at radius 3 is 2.28 bits per heavy atom. The zero-order valence-corrected chi connectivity index (χ0v) is 12.5. The lowest BCUT2D eigenvalue weighted by molar-refractivity contribution is 0.0692. The van der Waals surface area contributed by atoms with Gasteiger partial charge in [0.2, 0.25) is 0 Å². The van der Waals surface area contributed by atoms with Crippen molar-refractivity contribution in [3.05, 3.63) is 17.7 Å². The van der Waals surface area contributed by atoms with Gasteiger partial charge in [-0.25, -0.2) is 4.79 Å². The third-order valence-electron chi connectivity index (χ3n) is 2.64. The number of carboxylic acid groups (broad SMARTS) is 1. The highest BCUT2D eigenvalue weighted by atomic mass is 28.3. The fraction of sp³-hybridized carbons (Fsp3) is 0.462. The number of ether oxygens (including phenoxy) is 2. The van der Waals surface area contributed by atoms with Crippen LogP contribution in [-0.4, -0.2) is 32.9 Å². The predicted octanol–water partition coefficient (Wildman–Crippen LogP) is 2.34. The summed E-state index contributed by atoms with van der Waals surface area (Å²) in [4.78, 5) is 11.2. The fourth-order valence-electron chi connectivity index (χ4n) is 1.81. The molecule has 0 fully saturated rings. The maximum Gasteiger partial charge on any atom is 0.339 e. The number of hydrogen-bond acceptors (Lipinski definition) is 3. The van der Waals surface area contributed by atoms with Gasteiger partial charge < -0.3 is 14.6 Å². The first kappa shape index (κ1) is 14.6. The molecule has 1 N–H and O–H groups in total. The molecular weight excluding hydrogens is 248 g/mol. The molecule has 0 aliphatic rings. The number of methoxy groups -OCH3 is 1. The van der Waals surface area contributed by atoms with Crippen molar-refractivity contribution in [2.45, 2.75) is 26.6 Å². The molecule has 0 unspecified atom stereocenters. The minimum Gasteiger partial charge on any atom is -0.492 e. The molecule has 0 spiro atoms. The Morgan fingerprint density at radius 2 is 1.89 bits per heavy atom. The maximum absolute atomic E-state index is 11.2. The Bertz CT molecular complexity index is 449. The highest BCUT2D eigenvalue weighted by Gasteiger charge is 2.27. The largest absolute Gasteiger partial charge is 0.492 e. The first-order chi connectivity index (χ1) is 8.32. The Kier molecular flexibility index (Phi) is 4.40. The molecule has 0 saturated heterocycles. The molecule has 5 heteroatoms. The van der Waals surface area contributed by atoms with E-state index in [1.54, 1.807) is 6.07 Å². The first-order valence-corrected chi connectivity index (χ1v) is 9.40. The zero-order valence-electron chi connectivity index (χ0n) is 11.5. The van der Waals surface area contributed by atoms with Crippen molar-refractivity contribution < 1.29 is 19.4 Å². The van der Waals surface area contributed by atoms with Gasteiger partial charge in [0.1, 0.15) is 5.56 Å². The average molecular weight is 268 g/mol. The number of benzene rings is 1. The molecule has 0 aliphatic heterocycles. The van der Waals surface area contributed by atoms with E-state index in [2.05, 4.69) is 19.6 Å². The van der Waals surface area contributed by atoms with Crippen LogP contribution in [0.2, 0.25) is 19.6 Å². The van der Waals surface area contributed by atoms with Gasteiger partial charge in [-0.05, 0) is 18.2 Å². The lowest BCUT2D eigenvalue weighted by Crippen LogP contribution is -2.39. The van der Waals surface area contributed by atoms with E-state index in [1.165, 1.54) is 7.11 Å². The summed E-state index contributed by atoms with van der Waals surface area (Å²) in [7, 11) is -0.148. The summed E-state index contributed by atoms with van der Waals surface area (Å²) in [6.07, 6.45) is 0. The number of hydrogen-bond donors (Lipinski definition) is 1. The summed E-state index contributed by atoms with van der Waals surface area (Å²) >= 11 is 0. The number of rotatable bonds is 5. The minimum absolute atomic E-state index is 0.142. The van der Waals surface area contributed by atoms with Crippen molar-refractivity contribution in [2.24, 2.45) is 0 Å². The van der Waals surface area contributed by atoms with Crippen LogP contribution in [0.25, 0.3) is 0 Å². The van der Waals surface area contributed by atoms with Crippen molar-refractivity contribution in [3.63, 3.8) is 0 Å². The molecule has 100 valence electrons. The quantitative estimate of drug-likeness (QED) is 0.833. The smallest absolute Gasteiger partial charge is 0.339 e. The lowest BCUT2D eigenvalue weighted by atomic mass is 10.2. The van der Waals surface area contributed by atoms with E-state index in [9.17, 15) is 4.79 Å². The molecule has 0 heterocycles. The fourth-order valence-corrected chi connectivity index (χ4v) is 3.26. The van der Waals surface area contributed by atoms with Gasteiger partial charge in [-0.1, -0.05) is 25.7 Å². The number of aromatic carboxylic acids is 1. The summed E-state index contributed by atoms with van der Waals surface area (Å²) in [5, 5.41) is 10.2. The second-order valence-electron chi connectivity index (χ2n) is 5.01. The second-order valence-corrected chi connectivity index (χ2v) is 10.0. The van der Waals surface area contributed by atoms with Gasteiger partial charge in [0.05, 0.1) is 21.8 Å². The molecule has 0 aliphatic carbocycles. The van der Waals surface area contributed by atoms with E-state index in [1.807, 2.05) is 13.0 Å². The predicted molar refractivity (Wildman–Crippen MR) is 74.1 cm³/mol. The monoisotopic (exact) mass is 268 g/mol. The van der Waals surface area contributed by atoms with Crippen LogP contribution in [-0.2, 0) is 0 Å². The van der Waals surface area contributed by atoms with E-state index in [4.69, 9.17) is 14.6 Å². The van der Waals surface area contributed by atoms with Gasteiger partial charge in [-0.15, -0.1) is 0 Å². The summed E-state index contributed by atoms with van der Waals surface area (Å²) in [6.45, 7) is 8.91. The van der Waals surface area contributed by atoms with Crippen LogP contribution in [0.5, 0.6) is 11.5 Å². The van der Waals surface area contributed by atoms with Crippen LogP contribution >= 0.6 is 0 Å². The van der Waals surface area contributed by atoms with Crippen LogP contribution in [0.15, 0.2) is 12.1 Å². The standard InChI is InChI=1S/C13H20O4Si/c1-6-17-12-10(18(3,4)5)8-7-9(13(14)15)11(12)16-2/h7-8H,6H2,1-5H3,(H,14,15). The topological polar surface area (TPSA) is 55.8 Å². The minimum atomic E-state index is -1.62. The highest BCUT2D eigenvalue weighted by molar-refractivity contribution is 6.89. The van der Waals surface area contributed by atoms with Crippen molar-refractivity contribution >= 4 is 19.2 Å². The van der Waals surface area contributed by atoms with Crippen molar-refractivity contribution in [2.75, 3.05) is 13.7 Å². The number of carboxylic acids is 1. The first-order valence-electron chi connectivity index (χ1n) is 5.90. The Balaban J connectivity index is 3.53. The molecule has 0 saturated carbocycles. The Morgan fingerprint density at radius 1 is 1.28 bits per heavy atom. The second kappa shape index (κ2) is 5.43. The van der Waals surface area contributed by atoms with Crippen molar-refractivity contribution in [1.82, 2.24) is 0 Å². The van der Waals surface area contributed by atoms with Gasteiger partial charge in [0, 0.05) is 0 Å². The van der Waals surface area contributed by atoms with Gasteiger partial charge >= 0.3 is 5.97 Å². The van der Waals surface area contributed by atoms with Gasteiger partial charge in [-0.2, -0.15) is 0 Å². The summed E-state index contributed by atoms with van der Waals surface area (Å²) < 4.78 is 10.9. The molecule has 18 heavy (non-hydrogen) atoms. The molecule has 0 aromatic heterocycles. The van der Waals surface area contributed by atoms with Gasteiger partial charge in [-0.3, -0.25) is 0 Å². The molecule has 0 bridgehead atoms. The zero-order chi connectivity index (χ0) is 13.9. The molecule has 1 rings (SSSR count). The van der Waals surface area contributed by atoms with Crippen LogP contribution in [0.3, 0.4) is 0 Å². The average Bonchev–Trinajstić information content (AvgIpc) is 2.27. The van der Waals surface area contributed by atoms with Crippen molar-refractivity contribution in [3.8, 4) is 11.5 Å². The summed E-state index contributed by atoms with van der Waals surface area (Å²) in [5.74, 6) is -0.0988. The lowest BCUT2D eigenvalue weighted by Gasteiger charge is -2.23.